The number of nitrogens with one attached hydrogen (secondary N) is 3. The molecule has 10 nitrogen and oxygen atoms in total. The highest BCUT2D eigenvalue weighted by atomic mass is 16.5. The van der Waals surface area contributed by atoms with Crippen LogP contribution >= 0.6 is 0 Å². The molecule has 1 heterocycles. The number of carbonyl (C=O) groups excluding carboxylic acids is 3. The van der Waals surface area contributed by atoms with E-state index in [0.29, 0.717) is 34.9 Å². The van der Waals surface area contributed by atoms with E-state index in [1.54, 1.807) is 42.0 Å². The van der Waals surface area contributed by atoms with Crippen LogP contribution in [-0.4, -0.2) is 71.8 Å². The van der Waals surface area contributed by atoms with Crippen molar-refractivity contribution in [2.24, 2.45) is 5.92 Å². The van der Waals surface area contributed by atoms with Gasteiger partial charge < -0.3 is 35.6 Å². The number of aliphatic hydroxyl groups is 1. The Hall–Kier alpha value is -5.61. The Balaban J connectivity index is 1.22. The summed E-state index contributed by atoms with van der Waals surface area (Å²) >= 11 is 0. The Kier molecular flexibility index (Phi) is 9.96. The fraction of sp³-hybridized carbons (Fsp3) is 0.256. The molecule has 0 saturated carbocycles. The monoisotopic (exact) mass is 659 g/mol. The third-order valence-electron chi connectivity index (χ3n) is 9.04. The van der Waals surface area contributed by atoms with E-state index in [1.165, 1.54) is 0 Å². The van der Waals surface area contributed by atoms with E-state index in [2.05, 4.69) is 16.0 Å². The van der Waals surface area contributed by atoms with Gasteiger partial charge in [-0.2, -0.15) is 0 Å². The van der Waals surface area contributed by atoms with Crippen LogP contribution in [0.1, 0.15) is 19.4 Å². The molecule has 5 aromatic carbocycles. The van der Waals surface area contributed by atoms with Crippen LogP contribution in [0.15, 0.2) is 103 Å². The molecule has 0 unspecified atom stereocenters. The van der Waals surface area contributed by atoms with Gasteiger partial charge in [0.2, 0.25) is 5.91 Å². The minimum atomic E-state index is -0.491. The van der Waals surface area contributed by atoms with Crippen molar-refractivity contribution >= 4 is 56.6 Å². The molecule has 6 rings (SSSR count). The summed E-state index contributed by atoms with van der Waals surface area (Å²) in [6.45, 7) is 4.15. The fourth-order valence-electron chi connectivity index (χ4n) is 6.24. The molecule has 5 aromatic rings. The zero-order valence-corrected chi connectivity index (χ0v) is 27.9. The second-order valence-corrected chi connectivity index (χ2v) is 12.7. The predicted molar refractivity (Wildman–Crippen MR) is 194 cm³/mol. The van der Waals surface area contributed by atoms with Crippen LogP contribution in [0.3, 0.4) is 0 Å². The third kappa shape index (κ3) is 7.60. The highest BCUT2D eigenvalue weighted by Crippen LogP contribution is 2.30. The number of nitrogens with zero attached hydrogens (tertiary/aromatic N) is 2. The van der Waals surface area contributed by atoms with Gasteiger partial charge in [0.25, 0.3) is 0 Å². The highest BCUT2D eigenvalue weighted by Gasteiger charge is 2.32. The van der Waals surface area contributed by atoms with Crippen LogP contribution in [-0.2, 0) is 11.2 Å². The molecule has 0 aliphatic carbocycles. The normalized spacial score (nSPS) is 16.8. The summed E-state index contributed by atoms with van der Waals surface area (Å²) in [6.07, 6.45) is -0.480. The zero-order chi connectivity index (χ0) is 34.5. The first-order valence-electron chi connectivity index (χ1n) is 16.5. The summed E-state index contributed by atoms with van der Waals surface area (Å²) < 4.78 is 6.59. The molecule has 0 saturated heterocycles. The average molecular weight is 660 g/mol. The molecule has 49 heavy (non-hydrogen) atoms. The lowest BCUT2D eigenvalue weighted by molar-refractivity contribution is -0.134. The first kappa shape index (κ1) is 33.3. The molecule has 5 amide bonds. The molecule has 0 fully saturated rings. The van der Waals surface area contributed by atoms with Gasteiger partial charge in [0.15, 0.2) is 0 Å². The Labute approximate surface area is 285 Å². The molecule has 0 spiro atoms. The van der Waals surface area contributed by atoms with Gasteiger partial charge in [-0.15, -0.1) is 0 Å². The van der Waals surface area contributed by atoms with Crippen LogP contribution in [0.2, 0.25) is 0 Å². The van der Waals surface area contributed by atoms with Gasteiger partial charge in [0.05, 0.1) is 37.0 Å². The highest BCUT2D eigenvalue weighted by molar-refractivity contribution is 6.06. The summed E-state index contributed by atoms with van der Waals surface area (Å²) in [6, 6.07) is 31.2. The third-order valence-corrected chi connectivity index (χ3v) is 9.04. The van der Waals surface area contributed by atoms with E-state index in [4.69, 9.17) is 4.74 Å². The van der Waals surface area contributed by atoms with Gasteiger partial charge >= 0.3 is 12.1 Å². The van der Waals surface area contributed by atoms with Gasteiger partial charge in [-0.05, 0) is 48.0 Å². The number of benzene rings is 5. The number of aliphatic hydroxyl groups excluding tert-OH is 1. The number of urea groups is 2. The van der Waals surface area contributed by atoms with Crippen molar-refractivity contribution in [2.45, 2.75) is 32.4 Å². The van der Waals surface area contributed by atoms with Crippen molar-refractivity contribution in [3.8, 4) is 5.75 Å². The van der Waals surface area contributed by atoms with Crippen molar-refractivity contribution in [3.05, 3.63) is 109 Å². The first-order chi connectivity index (χ1) is 23.7. The maximum Gasteiger partial charge on any atom is 0.323 e. The van der Waals surface area contributed by atoms with Crippen molar-refractivity contribution < 1.29 is 24.2 Å². The number of hydrogen-bond donors (Lipinski definition) is 4. The minimum Gasteiger partial charge on any atom is -0.488 e. The zero-order valence-electron chi connectivity index (χ0n) is 27.9. The van der Waals surface area contributed by atoms with Crippen LogP contribution in [0.25, 0.3) is 21.5 Å². The molecule has 0 bridgehead atoms. The van der Waals surface area contributed by atoms with Gasteiger partial charge in [-0.3, -0.25) is 4.79 Å². The number of hydrogen-bond acceptors (Lipinski definition) is 5. The summed E-state index contributed by atoms with van der Waals surface area (Å²) in [7, 11) is 1.71. The Morgan fingerprint density at radius 3 is 2.14 bits per heavy atom. The van der Waals surface area contributed by atoms with Crippen molar-refractivity contribution in [2.75, 3.05) is 42.7 Å². The van der Waals surface area contributed by atoms with E-state index < -0.39 is 18.2 Å². The average Bonchev–Trinajstić information content (AvgIpc) is 3.15. The second kappa shape index (κ2) is 14.7. The number of rotatable bonds is 7. The molecule has 4 N–H and O–H groups in total. The molecule has 3 atom stereocenters. The topological polar surface area (TPSA) is 123 Å². The van der Waals surface area contributed by atoms with E-state index in [1.807, 2.05) is 91.9 Å². The second-order valence-electron chi connectivity index (χ2n) is 12.7. The summed E-state index contributed by atoms with van der Waals surface area (Å²) in [5.74, 6) is 0.130. The molecule has 0 aromatic heterocycles. The fourth-order valence-corrected chi connectivity index (χ4v) is 6.24. The van der Waals surface area contributed by atoms with E-state index in [-0.39, 0.29) is 37.4 Å². The van der Waals surface area contributed by atoms with Crippen LogP contribution in [0, 0.1) is 5.92 Å². The van der Waals surface area contributed by atoms with Crippen LogP contribution in [0.4, 0.5) is 26.7 Å². The van der Waals surface area contributed by atoms with Crippen molar-refractivity contribution in [1.82, 2.24) is 9.80 Å². The molecular weight excluding hydrogens is 618 g/mol. The van der Waals surface area contributed by atoms with Gasteiger partial charge in [0, 0.05) is 41.5 Å². The summed E-state index contributed by atoms with van der Waals surface area (Å²) in [4.78, 5) is 43.4. The van der Waals surface area contributed by atoms with Crippen LogP contribution in [0.5, 0.6) is 5.75 Å². The number of likely N-dealkylation sites (N-methyl/N-ethyl adjacent to an activating group) is 1. The molecule has 10 heteroatoms. The maximum atomic E-state index is 13.7. The lowest BCUT2D eigenvalue weighted by atomic mass is 10.0. The Bertz CT molecular complexity index is 1990. The Morgan fingerprint density at radius 1 is 0.878 bits per heavy atom. The number of anilines is 3. The van der Waals surface area contributed by atoms with Crippen molar-refractivity contribution in [3.63, 3.8) is 0 Å². The number of ether oxygens (including phenoxy) is 1. The predicted octanol–water partition coefficient (Wildman–Crippen LogP) is 6.95. The van der Waals surface area contributed by atoms with E-state index >= 15 is 0 Å². The lowest BCUT2D eigenvalue weighted by Crippen LogP contribution is -2.48. The molecule has 1 aliphatic rings. The summed E-state index contributed by atoms with van der Waals surface area (Å²) in [5, 5.41) is 22.7. The lowest BCUT2D eigenvalue weighted by Gasteiger charge is -2.34. The van der Waals surface area contributed by atoms with E-state index in [0.717, 1.165) is 21.5 Å². The molecule has 1 aliphatic heterocycles. The standard InChI is InChI=1S/C39H41N5O5/c1-25-22-44(26(2)24-45)37(46)21-29-20-30(40-38(47)41-33-16-8-12-27-10-4-6-14-31(27)33)18-19-35(29)49-36(25)23-43(3)39(48)42-34-17-9-13-28-11-5-7-15-32(28)34/h4-20,25-26,36,45H,21-24H2,1-3H3,(H,42,48)(H2,40,41,47)/t25-,26+,36+/m1/s1. The number of fused-ring (bicyclic) bond motifs is 3. The molecular formula is C39H41N5O5. The quantitative estimate of drug-likeness (QED) is 0.151. The van der Waals surface area contributed by atoms with Crippen molar-refractivity contribution in [1.29, 1.82) is 0 Å². The maximum absolute atomic E-state index is 13.7. The summed E-state index contributed by atoms with van der Waals surface area (Å²) in [5.41, 5.74) is 2.47. The smallest absolute Gasteiger partial charge is 0.323 e. The number of carbonyl (C=O) groups is 3. The Morgan fingerprint density at radius 2 is 1.49 bits per heavy atom. The van der Waals surface area contributed by atoms with Gasteiger partial charge in [0.1, 0.15) is 11.9 Å². The van der Waals surface area contributed by atoms with Gasteiger partial charge in [-0.1, -0.05) is 79.7 Å². The minimum absolute atomic E-state index is 0.0109. The van der Waals surface area contributed by atoms with Crippen LogP contribution < -0.4 is 20.7 Å². The largest absolute Gasteiger partial charge is 0.488 e. The van der Waals surface area contributed by atoms with Gasteiger partial charge in [-0.25, -0.2) is 9.59 Å². The number of amides is 5. The molecule has 252 valence electrons. The SMILES string of the molecule is C[C@@H]1CN([C@@H](C)CO)C(=O)Cc2cc(NC(=O)Nc3cccc4ccccc34)ccc2O[C@H]1CN(C)C(=O)Nc1cccc2ccccc12. The van der Waals surface area contributed by atoms with E-state index in [9.17, 15) is 19.5 Å². The molecule has 0 radical (unpaired) electrons. The first-order valence-corrected chi connectivity index (χ1v) is 16.5.